The van der Waals surface area contributed by atoms with Crippen LogP contribution in [0.3, 0.4) is 0 Å². The van der Waals surface area contributed by atoms with Crippen LogP contribution in [0.15, 0.2) is 18.2 Å². The molecule has 1 unspecified atom stereocenters. The number of amides is 1. The summed E-state index contributed by atoms with van der Waals surface area (Å²) in [5.74, 6) is 1.45. The number of likely N-dealkylation sites (N-methyl/N-ethyl adjacent to an activating group) is 1. The van der Waals surface area contributed by atoms with Gasteiger partial charge in [0, 0.05) is 11.8 Å². The second kappa shape index (κ2) is 6.61. The lowest BCUT2D eigenvalue weighted by Crippen LogP contribution is -3.16. The quantitative estimate of drug-likeness (QED) is 0.834. The maximum atomic E-state index is 12.2. The van der Waals surface area contributed by atoms with E-state index in [9.17, 15) is 4.79 Å². The average Bonchev–Trinajstić information content (AvgIpc) is 2.48. The zero-order chi connectivity index (χ0) is 14.5. The topological polar surface area (TPSA) is 52.0 Å². The van der Waals surface area contributed by atoms with Gasteiger partial charge in [0.25, 0.3) is 5.91 Å². The minimum Gasteiger partial charge on any atom is -0.486 e. The second-order valence-electron chi connectivity index (χ2n) is 4.93. The molecular weight excluding hydrogens is 256 g/mol. The van der Waals surface area contributed by atoms with Crippen LogP contribution in [0.2, 0.25) is 0 Å². The summed E-state index contributed by atoms with van der Waals surface area (Å²) in [6.45, 7) is 9.12. The fraction of sp³-hybridized carbons (Fsp3) is 0.533. The van der Waals surface area contributed by atoms with Crippen LogP contribution >= 0.6 is 0 Å². The molecule has 0 aromatic heterocycles. The summed E-state index contributed by atoms with van der Waals surface area (Å²) in [5.41, 5.74) is 0.748. The lowest BCUT2D eigenvalue weighted by molar-refractivity contribution is -0.910. The van der Waals surface area contributed by atoms with Gasteiger partial charge in [0.15, 0.2) is 17.5 Å². The summed E-state index contributed by atoms with van der Waals surface area (Å²) in [5, 5.41) is 2.95. The molecule has 1 heterocycles. The number of anilines is 1. The van der Waals surface area contributed by atoms with E-state index in [0.29, 0.717) is 19.0 Å². The fourth-order valence-electron chi connectivity index (χ4n) is 2.42. The maximum Gasteiger partial charge on any atom is 0.282 e. The van der Waals surface area contributed by atoms with Crippen molar-refractivity contribution in [1.82, 2.24) is 0 Å². The molecule has 1 aliphatic heterocycles. The molecular formula is C15H23N2O3+. The van der Waals surface area contributed by atoms with E-state index >= 15 is 0 Å². The number of quaternary nitrogens is 1. The summed E-state index contributed by atoms with van der Waals surface area (Å²) in [4.78, 5) is 13.5. The van der Waals surface area contributed by atoms with E-state index in [2.05, 4.69) is 19.2 Å². The molecule has 0 fully saturated rings. The minimum absolute atomic E-state index is 0.0281. The van der Waals surface area contributed by atoms with Crippen molar-refractivity contribution < 1.29 is 19.2 Å². The highest BCUT2D eigenvalue weighted by Crippen LogP contribution is 2.32. The number of hydrogen-bond acceptors (Lipinski definition) is 3. The Labute approximate surface area is 119 Å². The van der Waals surface area contributed by atoms with E-state index in [0.717, 1.165) is 24.5 Å². The average molecular weight is 279 g/mol. The number of carbonyl (C=O) groups excluding carboxylic acids is 1. The molecule has 5 heteroatoms. The Kier molecular flexibility index (Phi) is 4.84. The Morgan fingerprint density at radius 2 is 1.90 bits per heavy atom. The molecule has 0 spiro atoms. The van der Waals surface area contributed by atoms with Gasteiger partial charge in [0.05, 0.1) is 13.1 Å². The first-order chi connectivity index (χ1) is 9.65. The predicted octanol–water partition coefficient (Wildman–Crippen LogP) is 0.709. The van der Waals surface area contributed by atoms with Gasteiger partial charge in [-0.15, -0.1) is 0 Å². The Balaban J connectivity index is 2.04. The molecule has 1 aliphatic rings. The van der Waals surface area contributed by atoms with E-state index in [4.69, 9.17) is 9.47 Å². The van der Waals surface area contributed by atoms with Crippen molar-refractivity contribution in [2.45, 2.75) is 26.8 Å². The highest BCUT2D eigenvalue weighted by atomic mass is 16.6. The lowest BCUT2D eigenvalue weighted by atomic mass is 10.2. The van der Waals surface area contributed by atoms with Gasteiger partial charge in [-0.05, 0) is 32.9 Å². The van der Waals surface area contributed by atoms with Gasteiger partial charge in [-0.2, -0.15) is 0 Å². The third-order valence-corrected chi connectivity index (χ3v) is 3.72. The summed E-state index contributed by atoms with van der Waals surface area (Å²) >= 11 is 0. The summed E-state index contributed by atoms with van der Waals surface area (Å²) in [6.07, 6.45) is 0. The van der Waals surface area contributed by atoms with Crippen LogP contribution in [0.5, 0.6) is 11.5 Å². The fourth-order valence-corrected chi connectivity index (χ4v) is 2.42. The third kappa shape index (κ3) is 3.22. The van der Waals surface area contributed by atoms with Crippen molar-refractivity contribution >= 4 is 11.6 Å². The first kappa shape index (κ1) is 14.7. The Morgan fingerprint density at radius 1 is 1.25 bits per heavy atom. The van der Waals surface area contributed by atoms with Gasteiger partial charge in [-0.25, -0.2) is 0 Å². The van der Waals surface area contributed by atoms with E-state index in [-0.39, 0.29) is 11.9 Å². The second-order valence-corrected chi connectivity index (χ2v) is 4.93. The van der Waals surface area contributed by atoms with Crippen molar-refractivity contribution in [2.75, 3.05) is 31.6 Å². The molecule has 110 valence electrons. The zero-order valence-electron chi connectivity index (χ0n) is 12.4. The van der Waals surface area contributed by atoms with Crippen molar-refractivity contribution in [1.29, 1.82) is 0 Å². The first-order valence-corrected chi connectivity index (χ1v) is 7.20. The largest absolute Gasteiger partial charge is 0.486 e. The molecule has 5 nitrogen and oxygen atoms in total. The Hall–Kier alpha value is -1.75. The number of rotatable bonds is 5. The van der Waals surface area contributed by atoms with E-state index in [1.807, 2.05) is 25.1 Å². The normalized spacial score (nSPS) is 15.0. The SMILES string of the molecule is CC[NH+](CC)C(C)C(=O)Nc1ccc2c(c1)OCCO2. The number of hydrogen-bond donors (Lipinski definition) is 2. The third-order valence-electron chi connectivity index (χ3n) is 3.72. The highest BCUT2D eigenvalue weighted by molar-refractivity contribution is 5.93. The number of fused-ring (bicyclic) bond motifs is 1. The molecule has 0 bridgehead atoms. The smallest absolute Gasteiger partial charge is 0.282 e. The predicted molar refractivity (Wildman–Crippen MR) is 77.6 cm³/mol. The number of benzene rings is 1. The van der Waals surface area contributed by atoms with Gasteiger partial charge in [0.1, 0.15) is 13.2 Å². The van der Waals surface area contributed by atoms with Gasteiger partial charge >= 0.3 is 0 Å². The number of carbonyl (C=O) groups is 1. The summed E-state index contributed by atoms with van der Waals surface area (Å²) in [7, 11) is 0. The molecule has 0 aliphatic carbocycles. The van der Waals surface area contributed by atoms with Crippen molar-refractivity contribution in [3.8, 4) is 11.5 Å². The molecule has 1 aromatic rings. The summed E-state index contributed by atoms with van der Waals surface area (Å²) in [6, 6.07) is 5.42. The molecule has 0 saturated carbocycles. The van der Waals surface area contributed by atoms with Crippen LogP contribution in [-0.2, 0) is 4.79 Å². The molecule has 20 heavy (non-hydrogen) atoms. The minimum atomic E-state index is -0.0711. The molecule has 1 amide bonds. The van der Waals surface area contributed by atoms with Crippen LogP contribution in [0.4, 0.5) is 5.69 Å². The highest BCUT2D eigenvalue weighted by Gasteiger charge is 2.23. The Bertz CT molecular complexity index is 472. The van der Waals surface area contributed by atoms with E-state index < -0.39 is 0 Å². The lowest BCUT2D eigenvalue weighted by Gasteiger charge is -2.23. The molecule has 2 rings (SSSR count). The molecule has 1 atom stereocenters. The van der Waals surface area contributed by atoms with Crippen LogP contribution < -0.4 is 19.7 Å². The number of ether oxygens (including phenoxy) is 2. The van der Waals surface area contributed by atoms with Crippen molar-refractivity contribution in [2.24, 2.45) is 0 Å². The zero-order valence-corrected chi connectivity index (χ0v) is 12.4. The molecule has 0 saturated heterocycles. The molecule has 1 aromatic carbocycles. The van der Waals surface area contributed by atoms with Crippen LogP contribution in [0, 0.1) is 0 Å². The van der Waals surface area contributed by atoms with Crippen molar-refractivity contribution in [3.63, 3.8) is 0 Å². The van der Waals surface area contributed by atoms with E-state index in [1.54, 1.807) is 0 Å². The van der Waals surface area contributed by atoms with Gasteiger partial charge < -0.3 is 19.7 Å². The monoisotopic (exact) mass is 279 g/mol. The van der Waals surface area contributed by atoms with Crippen LogP contribution in [0.1, 0.15) is 20.8 Å². The van der Waals surface area contributed by atoms with Gasteiger partial charge in [-0.1, -0.05) is 0 Å². The standard InChI is InChI=1S/C15H22N2O3/c1-4-17(5-2)11(3)15(18)16-12-6-7-13-14(10-12)20-9-8-19-13/h6-7,10-11H,4-5,8-9H2,1-3H3,(H,16,18)/p+1. The Morgan fingerprint density at radius 3 is 2.55 bits per heavy atom. The van der Waals surface area contributed by atoms with Crippen LogP contribution in [-0.4, -0.2) is 38.3 Å². The number of nitrogens with one attached hydrogen (secondary N) is 2. The maximum absolute atomic E-state index is 12.2. The summed E-state index contributed by atoms with van der Waals surface area (Å²) < 4.78 is 11.0. The van der Waals surface area contributed by atoms with Gasteiger partial charge in [-0.3, -0.25) is 4.79 Å². The van der Waals surface area contributed by atoms with Gasteiger partial charge in [0.2, 0.25) is 0 Å². The van der Waals surface area contributed by atoms with Crippen molar-refractivity contribution in [3.05, 3.63) is 18.2 Å². The van der Waals surface area contributed by atoms with E-state index in [1.165, 1.54) is 4.90 Å². The molecule has 0 radical (unpaired) electrons. The molecule has 2 N–H and O–H groups in total. The first-order valence-electron chi connectivity index (χ1n) is 7.20. The van der Waals surface area contributed by atoms with Crippen LogP contribution in [0.25, 0.3) is 0 Å².